The minimum Gasteiger partial charge on any atom is -0.374 e. The number of aromatic nitrogens is 1. The first-order chi connectivity index (χ1) is 12.1. The topological polar surface area (TPSA) is 71.5 Å². The number of hydrogen-bond donors (Lipinski definition) is 1. The summed E-state index contributed by atoms with van der Waals surface area (Å²) in [6.45, 7) is 3.76. The number of fused-ring (bicyclic) bond motifs is 1. The van der Waals surface area contributed by atoms with Crippen molar-refractivity contribution in [2.24, 2.45) is 11.8 Å². The summed E-state index contributed by atoms with van der Waals surface area (Å²) >= 11 is 0. The Labute approximate surface area is 147 Å². The Morgan fingerprint density at radius 1 is 1.32 bits per heavy atom. The van der Waals surface area contributed by atoms with Gasteiger partial charge in [0.2, 0.25) is 5.91 Å². The van der Waals surface area contributed by atoms with Gasteiger partial charge in [-0.15, -0.1) is 0 Å². The fraction of sp³-hybridized carbons (Fsp3) is 0.632. The van der Waals surface area contributed by atoms with Gasteiger partial charge in [0.15, 0.2) is 0 Å². The average molecular weight is 343 g/mol. The molecule has 0 bridgehead atoms. The summed E-state index contributed by atoms with van der Waals surface area (Å²) in [4.78, 5) is 31.6. The highest BCUT2D eigenvalue weighted by Gasteiger charge is 2.45. The van der Waals surface area contributed by atoms with Gasteiger partial charge in [0.1, 0.15) is 5.69 Å². The van der Waals surface area contributed by atoms with Crippen molar-refractivity contribution in [3.8, 4) is 0 Å². The summed E-state index contributed by atoms with van der Waals surface area (Å²) in [6.07, 6.45) is 3.79. The summed E-state index contributed by atoms with van der Waals surface area (Å²) in [7, 11) is 0. The molecule has 2 aliphatic carbocycles. The fourth-order valence-corrected chi connectivity index (χ4v) is 3.94. The summed E-state index contributed by atoms with van der Waals surface area (Å²) in [5.74, 6) is 0.675. The van der Waals surface area contributed by atoms with Gasteiger partial charge in [0.05, 0.1) is 18.8 Å². The van der Waals surface area contributed by atoms with E-state index in [9.17, 15) is 9.59 Å². The van der Waals surface area contributed by atoms with Crippen LogP contribution in [0.2, 0.25) is 0 Å². The standard InChI is InChI=1S/C19H25N3O3/c1-12-3-2-4-15(21-12)19(24)22-7-8-25-17-10-14(9-16(17)22)18(23)20-11-13-5-6-13/h2-4,13-14,16-17H,5-11H2,1H3,(H,20,23)/t14-,16+,17+/m0/s1. The monoisotopic (exact) mass is 343 g/mol. The molecule has 3 aliphatic rings. The van der Waals surface area contributed by atoms with Crippen LogP contribution in [0.4, 0.5) is 0 Å². The maximum Gasteiger partial charge on any atom is 0.272 e. The lowest BCUT2D eigenvalue weighted by Gasteiger charge is -2.37. The van der Waals surface area contributed by atoms with Gasteiger partial charge in [0.25, 0.3) is 5.91 Å². The molecule has 1 saturated heterocycles. The lowest BCUT2D eigenvalue weighted by molar-refractivity contribution is -0.125. The van der Waals surface area contributed by atoms with Crippen LogP contribution >= 0.6 is 0 Å². The Kier molecular flexibility index (Phi) is 4.46. The van der Waals surface area contributed by atoms with E-state index in [0.29, 0.717) is 37.6 Å². The Morgan fingerprint density at radius 2 is 2.16 bits per heavy atom. The molecule has 6 heteroatoms. The number of ether oxygens (including phenoxy) is 1. The van der Waals surface area contributed by atoms with Gasteiger partial charge < -0.3 is 15.0 Å². The Hall–Kier alpha value is -1.95. The number of nitrogens with one attached hydrogen (secondary N) is 1. The molecule has 0 aromatic carbocycles. The SMILES string of the molecule is Cc1cccc(C(=O)N2CCO[C@@H]3C[C@@H](C(=O)NCC4CC4)C[C@H]32)n1. The normalized spacial score (nSPS) is 28.5. The number of nitrogens with zero attached hydrogens (tertiary/aromatic N) is 2. The van der Waals surface area contributed by atoms with E-state index >= 15 is 0 Å². The maximum atomic E-state index is 12.9. The zero-order valence-corrected chi connectivity index (χ0v) is 14.6. The van der Waals surface area contributed by atoms with Gasteiger partial charge in [0, 0.05) is 24.7 Å². The van der Waals surface area contributed by atoms with Gasteiger partial charge >= 0.3 is 0 Å². The van der Waals surface area contributed by atoms with Gasteiger partial charge in [-0.1, -0.05) is 6.07 Å². The maximum absolute atomic E-state index is 12.9. The van der Waals surface area contributed by atoms with Gasteiger partial charge in [-0.2, -0.15) is 0 Å². The second kappa shape index (κ2) is 6.75. The number of amides is 2. The van der Waals surface area contributed by atoms with Crippen molar-refractivity contribution in [2.75, 3.05) is 19.7 Å². The van der Waals surface area contributed by atoms with Gasteiger partial charge in [-0.05, 0) is 50.7 Å². The van der Waals surface area contributed by atoms with Crippen LogP contribution in [0.15, 0.2) is 18.2 Å². The van der Waals surface area contributed by atoms with Crippen LogP contribution in [0.3, 0.4) is 0 Å². The van der Waals surface area contributed by atoms with Crippen LogP contribution < -0.4 is 5.32 Å². The molecule has 3 fully saturated rings. The van der Waals surface area contributed by atoms with Gasteiger partial charge in [-0.3, -0.25) is 9.59 Å². The van der Waals surface area contributed by atoms with E-state index in [-0.39, 0.29) is 29.9 Å². The highest BCUT2D eigenvalue weighted by Crippen LogP contribution is 2.35. The van der Waals surface area contributed by atoms with Crippen LogP contribution in [0.1, 0.15) is 41.9 Å². The molecule has 1 aromatic heterocycles. The molecule has 25 heavy (non-hydrogen) atoms. The van der Waals surface area contributed by atoms with E-state index in [0.717, 1.165) is 12.2 Å². The molecule has 3 atom stereocenters. The minimum atomic E-state index is -0.0624. The van der Waals surface area contributed by atoms with E-state index in [1.165, 1.54) is 12.8 Å². The van der Waals surface area contributed by atoms with Crippen molar-refractivity contribution < 1.29 is 14.3 Å². The first-order valence-corrected chi connectivity index (χ1v) is 9.26. The highest BCUT2D eigenvalue weighted by molar-refractivity contribution is 5.92. The lowest BCUT2D eigenvalue weighted by Crippen LogP contribution is -2.51. The molecule has 0 radical (unpaired) electrons. The third kappa shape index (κ3) is 3.54. The average Bonchev–Trinajstić information content (AvgIpc) is 3.34. The van der Waals surface area contributed by atoms with Crippen LogP contribution in [0.25, 0.3) is 0 Å². The zero-order chi connectivity index (χ0) is 17.4. The number of pyridine rings is 1. The van der Waals surface area contributed by atoms with Crippen molar-refractivity contribution in [1.29, 1.82) is 0 Å². The quantitative estimate of drug-likeness (QED) is 0.900. The molecule has 0 unspecified atom stereocenters. The van der Waals surface area contributed by atoms with E-state index < -0.39 is 0 Å². The van der Waals surface area contributed by atoms with Crippen molar-refractivity contribution in [2.45, 2.75) is 44.8 Å². The van der Waals surface area contributed by atoms with Crippen molar-refractivity contribution >= 4 is 11.8 Å². The van der Waals surface area contributed by atoms with Crippen LogP contribution in [-0.4, -0.2) is 53.5 Å². The second-order valence-electron chi connectivity index (χ2n) is 7.50. The molecular weight excluding hydrogens is 318 g/mol. The van der Waals surface area contributed by atoms with Crippen molar-refractivity contribution in [3.63, 3.8) is 0 Å². The van der Waals surface area contributed by atoms with E-state index in [4.69, 9.17) is 4.74 Å². The van der Waals surface area contributed by atoms with Crippen molar-refractivity contribution in [1.82, 2.24) is 15.2 Å². The first kappa shape index (κ1) is 16.5. The zero-order valence-electron chi connectivity index (χ0n) is 14.6. The molecule has 1 aliphatic heterocycles. The molecule has 6 nitrogen and oxygen atoms in total. The summed E-state index contributed by atoms with van der Waals surface area (Å²) in [6, 6.07) is 5.47. The van der Waals surface area contributed by atoms with E-state index in [1.807, 2.05) is 24.0 Å². The van der Waals surface area contributed by atoms with Crippen LogP contribution in [0.5, 0.6) is 0 Å². The number of carbonyl (C=O) groups excluding carboxylic acids is 2. The Morgan fingerprint density at radius 3 is 2.92 bits per heavy atom. The summed E-state index contributed by atoms with van der Waals surface area (Å²) in [5, 5.41) is 3.07. The Balaban J connectivity index is 1.43. The molecule has 2 saturated carbocycles. The summed E-state index contributed by atoms with van der Waals surface area (Å²) in [5.41, 5.74) is 1.31. The smallest absolute Gasteiger partial charge is 0.272 e. The molecule has 0 spiro atoms. The van der Waals surface area contributed by atoms with Crippen molar-refractivity contribution in [3.05, 3.63) is 29.6 Å². The fourth-order valence-electron chi connectivity index (χ4n) is 3.94. The number of hydrogen-bond acceptors (Lipinski definition) is 4. The van der Waals surface area contributed by atoms with Gasteiger partial charge in [-0.25, -0.2) is 4.98 Å². The number of morpholine rings is 1. The van der Waals surface area contributed by atoms with E-state index in [2.05, 4.69) is 10.3 Å². The molecule has 1 N–H and O–H groups in total. The molecule has 134 valence electrons. The molecule has 4 rings (SSSR count). The van der Waals surface area contributed by atoms with Crippen LogP contribution in [-0.2, 0) is 9.53 Å². The molecular formula is C19H25N3O3. The van der Waals surface area contributed by atoms with Crippen LogP contribution in [0, 0.1) is 18.8 Å². The number of aryl methyl sites for hydroxylation is 1. The highest BCUT2D eigenvalue weighted by atomic mass is 16.5. The number of rotatable bonds is 4. The predicted octanol–water partition coefficient (Wildman–Crippen LogP) is 1.54. The number of carbonyl (C=O) groups is 2. The third-order valence-electron chi connectivity index (χ3n) is 5.54. The molecule has 2 heterocycles. The Bertz CT molecular complexity index is 674. The first-order valence-electron chi connectivity index (χ1n) is 9.26. The lowest BCUT2D eigenvalue weighted by atomic mass is 10.1. The molecule has 1 aromatic rings. The third-order valence-corrected chi connectivity index (χ3v) is 5.54. The second-order valence-corrected chi connectivity index (χ2v) is 7.50. The summed E-state index contributed by atoms with van der Waals surface area (Å²) < 4.78 is 5.87. The predicted molar refractivity (Wildman–Crippen MR) is 92.0 cm³/mol. The minimum absolute atomic E-state index is 0.0276. The molecule has 2 amide bonds. The van der Waals surface area contributed by atoms with E-state index in [1.54, 1.807) is 6.07 Å². The largest absolute Gasteiger partial charge is 0.374 e.